The van der Waals surface area contributed by atoms with Crippen LogP contribution in [0.4, 0.5) is 0 Å². The fourth-order valence-electron chi connectivity index (χ4n) is 0.715. The van der Waals surface area contributed by atoms with Gasteiger partial charge in [0.15, 0.2) is 6.10 Å². The van der Waals surface area contributed by atoms with E-state index in [2.05, 4.69) is 16.0 Å². The maximum atomic E-state index is 10.8. The summed E-state index contributed by atoms with van der Waals surface area (Å²) in [4.78, 5) is 0. The van der Waals surface area contributed by atoms with Crippen LogP contribution in [0, 0.1) is 11.8 Å². The third kappa shape index (κ3) is 8.91. The van der Waals surface area contributed by atoms with Crippen LogP contribution in [0.15, 0.2) is 0 Å². The summed E-state index contributed by atoms with van der Waals surface area (Å²) in [5.41, 5.74) is 5.40. The summed E-state index contributed by atoms with van der Waals surface area (Å²) < 4.78 is 26.2. The highest BCUT2D eigenvalue weighted by molar-refractivity contribution is 7.86. The van der Waals surface area contributed by atoms with Crippen molar-refractivity contribution in [2.75, 3.05) is 19.5 Å². The van der Waals surface area contributed by atoms with Gasteiger partial charge in [-0.3, -0.25) is 4.18 Å². The third-order valence-corrected chi connectivity index (χ3v) is 1.92. The van der Waals surface area contributed by atoms with Gasteiger partial charge in [-0.05, 0) is 0 Å². The van der Waals surface area contributed by atoms with E-state index in [-0.39, 0.29) is 25.4 Å². The second-order valence-corrected chi connectivity index (χ2v) is 4.46. The molecular formula is C8H16ClNO5S. The van der Waals surface area contributed by atoms with Crippen molar-refractivity contribution < 1.29 is 22.8 Å². The molecule has 8 heteroatoms. The minimum absolute atomic E-state index is 0. The van der Waals surface area contributed by atoms with Crippen LogP contribution in [0.1, 0.15) is 6.42 Å². The fraction of sp³-hybridized carbons (Fsp3) is 0.750. The predicted octanol–water partition coefficient (Wildman–Crippen LogP) is -1.54. The number of rotatable bonds is 5. The first-order valence-electron chi connectivity index (χ1n) is 4.24. The molecule has 16 heavy (non-hydrogen) atoms. The van der Waals surface area contributed by atoms with Crippen LogP contribution in [0.2, 0.25) is 0 Å². The van der Waals surface area contributed by atoms with Crippen LogP contribution in [0.5, 0.6) is 0 Å². The van der Waals surface area contributed by atoms with Gasteiger partial charge in [0.1, 0.15) is 0 Å². The maximum absolute atomic E-state index is 10.8. The van der Waals surface area contributed by atoms with Crippen LogP contribution >= 0.6 is 12.4 Å². The zero-order chi connectivity index (χ0) is 11.9. The zero-order valence-electron chi connectivity index (χ0n) is 8.79. The highest BCUT2D eigenvalue weighted by Gasteiger charge is 2.20. The summed E-state index contributed by atoms with van der Waals surface area (Å²) in [6.45, 7) is -0.569. The molecule has 0 heterocycles. The number of halogens is 1. The number of aliphatic hydroxyl groups excluding tert-OH is 2. The smallest absolute Gasteiger partial charge is 0.265 e. The number of aliphatic hydroxyl groups is 2. The molecule has 0 fully saturated rings. The lowest BCUT2D eigenvalue weighted by Crippen LogP contribution is -2.40. The van der Waals surface area contributed by atoms with Gasteiger partial charge in [0.2, 0.25) is 0 Å². The maximum Gasteiger partial charge on any atom is 0.265 e. The minimum Gasteiger partial charge on any atom is -0.395 e. The number of hydrogen-bond acceptors (Lipinski definition) is 6. The summed E-state index contributed by atoms with van der Waals surface area (Å²) in [5, 5.41) is 17.2. The first-order chi connectivity index (χ1) is 6.90. The third-order valence-electron chi connectivity index (χ3n) is 1.36. The Balaban J connectivity index is 0. The van der Waals surface area contributed by atoms with Crippen LogP contribution in [-0.4, -0.2) is 50.2 Å². The van der Waals surface area contributed by atoms with E-state index in [0.717, 1.165) is 6.26 Å². The Kier molecular flexibility index (Phi) is 9.86. The normalized spacial score (nSPS) is 14.2. The van der Waals surface area contributed by atoms with Gasteiger partial charge in [-0.15, -0.1) is 12.4 Å². The monoisotopic (exact) mass is 273 g/mol. The molecule has 0 aromatic carbocycles. The Labute approximate surface area is 101 Å². The van der Waals surface area contributed by atoms with Crippen molar-refractivity contribution >= 4 is 22.5 Å². The molecule has 0 radical (unpaired) electrons. The molecule has 6 nitrogen and oxygen atoms in total. The predicted molar refractivity (Wildman–Crippen MR) is 61.5 cm³/mol. The van der Waals surface area contributed by atoms with Crippen molar-refractivity contribution in [3.8, 4) is 11.8 Å². The van der Waals surface area contributed by atoms with Crippen molar-refractivity contribution in [1.82, 2.24) is 0 Å². The molecule has 0 aliphatic rings. The molecule has 2 atom stereocenters. The molecule has 0 bridgehead atoms. The molecule has 0 aliphatic carbocycles. The molecule has 0 spiro atoms. The van der Waals surface area contributed by atoms with Gasteiger partial charge in [-0.1, -0.05) is 11.8 Å². The first-order valence-corrected chi connectivity index (χ1v) is 6.06. The lowest BCUT2D eigenvalue weighted by Gasteiger charge is -2.15. The SMILES string of the molecule is CS(=O)(=O)O[C@H](C#CCCO)[C@@H](N)CO.Cl. The van der Waals surface area contributed by atoms with Crippen LogP contribution in [0.25, 0.3) is 0 Å². The Morgan fingerprint density at radius 3 is 2.38 bits per heavy atom. The Morgan fingerprint density at radius 1 is 1.44 bits per heavy atom. The molecule has 0 unspecified atom stereocenters. The van der Waals surface area contributed by atoms with Gasteiger partial charge < -0.3 is 15.9 Å². The summed E-state index contributed by atoms with van der Waals surface area (Å²) >= 11 is 0. The van der Waals surface area contributed by atoms with E-state index in [1.165, 1.54) is 0 Å². The lowest BCUT2D eigenvalue weighted by atomic mass is 10.2. The number of hydrogen-bond donors (Lipinski definition) is 3. The lowest BCUT2D eigenvalue weighted by molar-refractivity contribution is 0.174. The van der Waals surface area contributed by atoms with E-state index in [1.807, 2.05) is 0 Å². The van der Waals surface area contributed by atoms with Crippen molar-refractivity contribution in [1.29, 1.82) is 0 Å². The zero-order valence-corrected chi connectivity index (χ0v) is 10.4. The van der Waals surface area contributed by atoms with E-state index in [0.29, 0.717) is 0 Å². The molecule has 0 rings (SSSR count). The number of nitrogens with two attached hydrogens (primary N) is 1. The average molecular weight is 274 g/mol. The highest BCUT2D eigenvalue weighted by atomic mass is 35.5. The molecule has 0 aromatic rings. The van der Waals surface area contributed by atoms with Crippen LogP contribution in [0.3, 0.4) is 0 Å². The summed E-state index contributed by atoms with van der Waals surface area (Å²) in [6, 6.07) is -0.897. The molecule has 0 aliphatic heterocycles. The molecule has 0 saturated heterocycles. The molecule has 96 valence electrons. The van der Waals surface area contributed by atoms with Gasteiger partial charge in [0.05, 0.1) is 25.5 Å². The Bertz CT molecular complexity index is 334. The summed E-state index contributed by atoms with van der Waals surface area (Å²) in [7, 11) is -3.67. The Morgan fingerprint density at radius 2 is 2.00 bits per heavy atom. The van der Waals surface area contributed by atoms with Crippen molar-refractivity contribution in [2.45, 2.75) is 18.6 Å². The van der Waals surface area contributed by atoms with Crippen LogP contribution in [-0.2, 0) is 14.3 Å². The average Bonchev–Trinajstić information content (AvgIpc) is 2.13. The van der Waals surface area contributed by atoms with E-state index in [4.69, 9.17) is 15.9 Å². The Hall–Kier alpha value is -0.360. The van der Waals surface area contributed by atoms with Crippen molar-refractivity contribution in [3.63, 3.8) is 0 Å². The second-order valence-electron chi connectivity index (χ2n) is 2.86. The van der Waals surface area contributed by atoms with Gasteiger partial charge in [-0.2, -0.15) is 8.42 Å². The van der Waals surface area contributed by atoms with Gasteiger partial charge in [-0.25, -0.2) is 0 Å². The fourth-order valence-corrected chi connectivity index (χ4v) is 1.28. The summed E-state index contributed by atoms with van der Waals surface area (Å²) in [6.07, 6.45) is -0.0175. The van der Waals surface area contributed by atoms with Gasteiger partial charge >= 0.3 is 0 Å². The van der Waals surface area contributed by atoms with Crippen LogP contribution < -0.4 is 5.73 Å². The molecular weight excluding hydrogens is 258 g/mol. The molecule has 0 saturated carbocycles. The standard InChI is InChI=1S/C8H15NO5S.ClH/c1-15(12,13)14-8(7(9)6-11)4-2-3-5-10;/h7-8,10-11H,3,5-6,9H2,1H3;1H/t7-,8+;/m0./s1. The second kappa shape index (κ2) is 8.75. The van der Waals surface area contributed by atoms with Gasteiger partial charge in [0.25, 0.3) is 10.1 Å². The van der Waals surface area contributed by atoms with Gasteiger partial charge in [0, 0.05) is 6.42 Å². The van der Waals surface area contributed by atoms with Crippen molar-refractivity contribution in [2.24, 2.45) is 5.73 Å². The largest absolute Gasteiger partial charge is 0.395 e. The molecule has 0 amide bonds. The van der Waals surface area contributed by atoms with Crippen molar-refractivity contribution in [3.05, 3.63) is 0 Å². The minimum atomic E-state index is -3.67. The topological polar surface area (TPSA) is 110 Å². The first kappa shape index (κ1) is 18.0. The highest BCUT2D eigenvalue weighted by Crippen LogP contribution is 2.00. The van der Waals surface area contributed by atoms with E-state index < -0.39 is 28.9 Å². The quantitative estimate of drug-likeness (QED) is 0.414. The molecule has 4 N–H and O–H groups in total. The summed E-state index contributed by atoms with van der Waals surface area (Å²) in [5.74, 6) is 4.92. The van der Waals surface area contributed by atoms with E-state index in [1.54, 1.807) is 0 Å². The molecule has 0 aromatic heterocycles. The van der Waals surface area contributed by atoms with E-state index >= 15 is 0 Å². The van der Waals surface area contributed by atoms with E-state index in [9.17, 15) is 8.42 Å².